The minimum absolute atomic E-state index is 0.273. The Kier molecular flexibility index (Phi) is 6.20. The predicted molar refractivity (Wildman–Crippen MR) is 77.6 cm³/mol. The van der Waals surface area contributed by atoms with E-state index in [1.807, 2.05) is 11.8 Å². The highest BCUT2D eigenvalue weighted by molar-refractivity contribution is 5.26. The van der Waals surface area contributed by atoms with Crippen molar-refractivity contribution < 1.29 is 17.6 Å². The summed E-state index contributed by atoms with van der Waals surface area (Å²) >= 11 is 0. The zero-order valence-electron chi connectivity index (χ0n) is 12.8. The first-order valence-corrected chi connectivity index (χ1v) is 7.84. The lowest BCUT2D eigenvalue weighted by Gasteiger charge is -2.35. The molecule has 22 heavy (non-hydrogen) atoms. The van der Waals surface area contributed by atoms with E-state index in [2.05, 4.69) is 5.32 Å². The van der Waals surface area contributed by atoms with Crippen molar-refractivity contribution in [2.75, 3.05) is 26.2 Å². The molecule has 0 radical (unpaired) electrons. The molecule has 0 saturated carbocycles. The number of rotatable bonds is 6. The summed E-state index contributed by atoms with van der Waals surface area (Å²) in [5, 5.41) is 3.16. The molecular formula is C16H22F4N2. The molecule has 0 spiro atoms. The van der Waals surface area contributed by atoms with Gasteiger partial charge < -0.3 is 5.32 Å². The van der Waals surface area contributed by atoms with Gasteiger partial charge >= 0.3 is 0 Å². The van der Waals surface area contributed by atoms with Crippen LogP contribution in [-0.2, 0) is 0 Å². The number of hydrogen-bond acceptors (Lipinski definition) is 2. The van der Waals surface area contributed by atoms with Gasteiger partial charge in [-0.2, -0.15) is 0 Å². The Hall–Kier alpha value is -1.14. The number of hydrogen-bond donors (Lipinski definition) is 1. The van der Waals surface area contributed by atoms with Crippen LogP contribution >= 0.6 is 0 Å². The van der Waals surface area contributed by atoms with E-state index in [0.29, 0.717) is 32.6 Å². The molecule has 6 heteroatoms. The molecule has 1 aromatic rings. The maximum Gasteiger partial charge on any atom is 0.166 e. The largest absolute Gasteiger partial charge is 0.314 e. The summed E-state index contributed by atoms with van der Waals surface area (Å²) in [4.78, 5) is 1.91. The van der Waals surface area contributed by atoms with Crippen molar-refractivity contribution in [2.24, 2.45) is 0 Å². The van der Waals surface area contributed by atoms with E-state index in [-0.39, 0.29) is 6.07 Å². The maximum absolute atomic E-state index is 14.1. The molecule has 0 bridgehead atoms. The van der Waals surface area contributed by atoms with Crippen molar-refractivity contribution in [3.05, 3.63) is 34.9 Å². The lowest BCUT2D eigenvalue weighted by molar-refractivity contribution is 0.154. The molecule has 1 N–H and O–H groups in total. The van der Waals surface area contributed by atoms with Crippen LogP contribution in [-0.4, -0.2) is 31.1 Å². The lowest BCUT2D eigenvalue weighted by Crippen LogP contribution is -2.45. The Bertz CT molecular complexity index is 475. The van der Waals surface area contributed by atoms with Crippen LogP contribution in [0.1, 0.15) is 44.2 Å². The fourth-order valence-electron chi connectivity index (χ4n) is 2.98. The Morgan fingerprint density at radius 2 is 1.64 bits per heavy atom. The molecule has 1 fully saturated rings. The Morgan fingerprint density at radius 1 is 1.05 bits per heavy atom. The van der Waals surface area contributed by atoms with E-state index in [0.717, 1.165) is 19.3 Å². The van der Waals surface area contributed by atoms with Gasteiger partial charge in [-0.25, -0.2) is 17.6 Å². The molecule has 2 nitrogen and oxygen atoms in total. The minimum Gasteiger partial charge on any atom is -0.314 e. The third-order valence-corrected chi connectivity index (χ3v) is 4.15. The zero-order valence-corrected chi connectivity index (χ0v) is 12.8. The summed E-state index contributed by atoms with van der Waals surface area (Å²) in [6.07, 6.45) is 3.15. The molecule has 0 aliphatic carbocycles. The van der Waals surface area contributed by atoms with Crippen LogP contribution in [0.4, 0.5) is 17.6 Å². The van der Waals surface area contributed by atoms with Crippen LogP contribution in [0.15, 0.2) is 6.07 Å². The Labute approximate surface area is 128 Å². The van der Waals surface area contributed by atoms with Crippen LogP contribution in [0, 0.1) is 23.3 Å². The van der Waals surface area contributed by atoms with Crippen LogP contribution < -0.4 is 5.32 Å². The fourth-order valence-corrected chi connectivity index (χ4v) is 2.98. The predicted octanol–water partition coefficient (Wildman–Crippen LogP) is 3.77. The van der Waals surface area contributed by atoms with Crippen molar-refractivity contribution in [1.82, 2.24) is 10.2 Å². The van der Waals surface area contributed by atoms with Crippen LogP contribution in [0.2, 0.25) is 0 Å². The first-order valence-electron chi connectivity index (χ1n) is 7.84. The van der Waals surface area contributed by atoms with Crippen molar-refractivity contribution >= 4 is 0 Å². The summed E-state index contributed by atoms with van der Waals surface area (Å²) in [6, 6.07) is -0.353. The average Bonchev–Trinajstić information content (AvgIpc) is 2.52. The number of unbranched alkanes of at least 4 members (excludes halogenated alkanes) is 2. The van der Waals surface area contributed by atoms with Crippen LogP contribution in [0.5, 0.6) is 0 Å². The van der Waals surface area contributed by atoms with Gasteiger partial charge in [-0.3, -0.25) is 4.90 Å². The molecule has 0 unspecified atom stereocenters. The van der Waals surface area contributed by atoms with Crippen molar-refractivity contribution in [1.29, 1.82) is 0 Å². The molecule has 1 aromatic carbocycles. The van der Waals surface area contributed by atoms with Gasteiger partial charge in [0.2, 0.25) is 0 Å². The van der Waals surface area contributed by atoms with E-state index < -0.39 is 34.9 Å². The summed E-state index contributed by atoms with van der Waals surface area (Å²) in [6.45, 7) is 4.64. The normalized spacial score (nSPS) is 17.7. The third kappa shape index (κ3) is 3.79. The molecule has 0 amide bonds. The average molecular weight is 318 g/mol. The van der Waals surface area contributed by atoms with Gasteiger partial charge in [0.1, 0.15) is 0 Å². The molecule has 2 rings (SSSR count). The number of halogens is 4. The zero-order chi connectivity index (χ0) is 16.1. The molecule has 1 aliphatic rings. The number of nitrogens with zero attached hydrogens (tertiary/aromatic N) is 1. The minimum atomic E-state index is -1.33. The van der Waals surface area contributed by atoms with Crippen molar-refractivity contribution in [3.8, 4) is 0 Å². The fraction of sp³-hybridized carbons (Fsp3) is 0.625. The number of benzene rings is 1. The number of nitrogens with one attached hydrogen (secondary N) is 1. The lowest BCUT2D eigenvalue weighted by atomic mass is 9.96. The van der Waals surface area contributed by atoms with Gasteiger partial charge in [-0.15, -0.1) is 0 Å². The van der Waals surface area contributed by atoms with E-state index in [4.69, 9.17) is 0 Å². The third-order valence-electron chi connectivity index (χ3n) is 4.15. The molecule has 0 aromatic heterocycles. The van der Waals surface area contributed by atoms with Crippen LogP contribution in [0.25, 0.3) is 0 Å². The van der Waals surface area contributed by atoms with Crippen molar-refractivity contribution in [3.63, 3.8) is 0 Å². The second-order valence-corrected chi connectivity index (χ2v) is 5.68. The molecule has 124 valence electrons. The van der Waals surface area contributed by atoms with Gasteiger partial charge in [0.15, 0.2) is 23.3 Å². The van der Waals surface area contributed by atoms with Gasteiger partial charge in [0.25, 0.3) is 0 Å². The molecular weight excluding hydrogens is 296 g/mol. The highest BCUT2D eigenvalue weighted by Crippen LogP contribution is 2.33. The van der Waals surface area contributed by atoms with E-state index >= 15 is 0 Å². The first-order chi connectivity index (χ1) is 10.6. The van der Waals surface area contributed by atoms with E-state index in [1.54, 1.807) is 0 Å². The standard InChI is InChI=1S/C16H22F4N2/c1-2-3-4-5-13(22-8-6-21-7-9-22)14-15(19)11(17)10-12(18)16(14)20/h10,13,21H,2-9H2,1H3/t13-/m1/s1. The summed E-state index contributed by atoms with van der Waals surface area (Å²) in [5.41, 5.74) is -0.462. The summed E-state index contributed by atoms with van der Waals surface area (Å²) < 4.78 is 55.3. The van der Waals surface area contributed by atoms with Gasteiger partial charge in [-0.05, 0) is 6.42 Å². The van der Waals surface area contributed by atoms with Gasteiger partial charge in [0.05, 0.1) is 0 Å². The monoisotopic (exact) mass is 318 g/mol. The Balaban J connectivity index is 2.35. The first kappa shape index (κ1) is 17.2. The smallest absolute Gasteiger partial charge is 0.166 e. The highest BCUT2D eigenvalue weighted by Gasteiger charge is 2.30. The maximum atomic E-state index is 14.1. The highest BCUT2D eigenvalue weighted by atomic mass is 19.2. The second-order valence-electron chi connectivity index (χ2n) is 5.68. The molecule has 1 saturated heterocycles. The van der Waals surface area contributed by atoms with Crippen molar-refractivity contribution in [2.45, 2.75) is 38.6 Å². The SMILES string of the molecule is CCCCC[C@H](c1c(F)c(F)cc(F)c1F)N1CCNCC1. The van der Waals surface area contributed by atoms with Gasteiger partial charge in [-0.1, -0.05) is 26.2 Å². The number of piperazine rings is 1. The van der Waals surface area contributed by atoms with Gasteiger partial charge in [0, 0.05) is 43.9 Å². The topological polar surface area (TPSA) is 15.3 Å². The summed E-state index contributed by atoms with van der Waals surface area (Å²) in [5.74, 6) is -5.19. The van der Waals surface area contributed by atoms with E-state index in [1.165, 1.54) is 0 Å². The Morgan fingerprint density at radius 3 is 2.18 bits per heavy atom. The molecule has 1 aliphatic heterocycles. The summed E-state index contributed by atoms with van der Waals surface area (Å²) in [7, 11) is 0. The second kappa shape index (κ2) is 7.92. The molecule has 1 heterocycles. The molecule has 1 atom stereocenters. The van der Waals surface area contributed by atoms with Crippen LogP contribution in [0.3, 0.4) is 0 Å². The quantitative estimate of drug-likeness (QED) is 0.488. The van der Waals surface area contributed by atoms with E-state index in [9.17, 15) is 17.6 Å².